The van der Waals surface area contributed by atoms with Crippen LogP contribution in [0.3, 0.4) is 0 Å². The highest BCUT2D eigenvalue weighted by Gasteiger charge is 2.50. The van der Waals surface area contributed by atoms with Crippen LogP contribution in [-0.2, 0) is 9.59 Å². The first kappa shape index (κ1) is 13.2. The second-order valence-electron chi connectivity index (χ2n) is 5.26. The molecule has 1 saturated carbocycles. The van der Waals surface area contributed by atoms with Crippen molar-refractivity contribution in [1.82, 2.24) is 4.37 Å². The number of aromatic carboxylic acids is 1. The Kier molecular flexibility index (Phi) is 3.08. The van der Waals surface area contributed by atoms with Gasteiger partial charge in [-0.1, -0.05) is 12.8 Å². The minimum atomic E-state index is -1.15. The van der Waals surface area contributed by atoms with Gasteiger partial charge in [-0.2, -0.15) is 4.37 Å². The Morgan fingerprint density at radius 3 is 2.30 bits per heavy atom. The van der Waals surface area contributed by atoms with Crippen LogP contribution < -0.4 is 4.90 Å². The maximum Gasteiger partial charge on any atom is 0.340 e. The molecule has 20 heavy (non-hydrogen) atoms. The fourth-order valence-electron chi connectivity index (χ4n) is 3.12. The minimum Gasteiger partial charge on any atom is -0.478 e. The molecule has 1 aromatic rings. The molecule has 1 saturated heterocycles. The maximum absolute atomic E-state index is 12.4. The smallest absolute Gasteiger partial charge is 0.340 e. The first-order valence-electron chi connectivity index (χ1n) is 6.59. The number of carboxylic acids is 1. The summed E-state index contributed by atoms with van der Waals surface area (Å²) < 4.78 is 3.98. The molecule has 3 rings (SSSR count). The van der Waals surface area contributed by atoms with E-state index in [0.29, 0.717) is 18.5 Å². The van der Waals surface area contributed by atoms with Gasteiger partial charge in [0.15, 0.2) is 0 Å². The molecule has 2 atom stereocenters. The quantitative estimate of drug-likeness (QED) is 0.841. The first-order valence-corrected chi connectivity index (χ1v) is 7.37. The molecule has 2 unspecified atom stereocenters. The van der Waals surface area contributed by atoms with Gasteiger partial charge in [0.05, 0.1) is 17.5 Å². The Morgan fingerprint density at radius 2 is 1.80 bits per heavy atom. The van der Waals surface area contributed by atoms with Crippen LogP contribution in [0.5, 0.6) is 0 Å². The predicted octanol–water partition coefficient (Wildman–Crippen LogP) is 1.83. The molecule has 106 valence electrons. The van der Waals surface area contributed by atoms with Gasteiger partial charge in [-0.15, -0.1) is 0 Å². The number of aryl methyl sites for hydroxylation is 1. The number of carbonyl (C=O) groups is 3. The van der Waals surface area contributed by atoms with E-state index in [1.54, 1.807) is 6.92 Å². The minimum absolute atomic E-state index is 0.0321. The van der Waals surface area contributed by atoms with Crippen LogP contribution in [0.15, 0.2) is 0 Å². The van der Waals surface area contributed by atoms with Gasteiger partial charge in [-0.3, -0.25) is 9.59 Å². The van der Waals surface area contributed by atoms with Crippen LogP contribution in [-0.4, -0.2) is 27.3 Å². The van der Waals surface area contributed by atoms with Gasteiger partial charge in [-0.05, 0) is 31.3 Å². The summed E-state index contributed by atoms with van der Waals surface area (Å²) in [6.45, 7) is 1.57. The summed E-state index contributed by atoms with van der Waals surface area (Å²) >= 11 is 0.908. The van der Waals surface area contributed by atoms with Crippen molar-refractivity contribution < 1.29 is 19.5 Å². The summed E-state index contributed by atoms with van der Waals surface area (Å²) in [7, 11) is 0. The normalized spacial score (nSPS) is 25.9. The highest BCUT2D eigenvalue weighted by Crippen LogP contribution is 2.42. The van der Waals surface area contributed by atoms with E-state index in [2.05, 4.69) is 4.37 Å². The molecule has 0 aromatic carbocycles. The van der Waals surface area contributed by atoms with E-state index in [0.717, 1.165) is 29.3 Å². The van der Waals surface area contributed by atoms with Gasteiger partial charge in [0.2, 0.25) is 11.8 Å². The van der Waals surface area contributed by atoms with Gasteiger partial charge >= 0.3 is 5.97 Å². The number of rotatable bonds is 2. The van der Waals surface area contributed by atoms with Crippen molar-refractivity contribution >= 4 is 34.3 Å². The number of hydrogen-bond donors (Lipinski definition) is 1. The van der Waals surface area contributed by atoms with E-state index in [4.69, 9.17) is 0 Å². The van der Waals surface area contributed by atoms with Gasteiger partial charge in [-0.25, -0.2) is 9.69 Å². The maximum atomic E-state index is 12.4. The lowest BCUT2D eigenvalue weighted by Gasteiger charge is -2.19. The summed E-state index contributed by atoms with van der Waals surface area (Å²) in [5.74, 6) is -2.22. The standard InChI is InChI=1S/C13H14N2O4S/c1-6-9(13(18)19)12(20-14-6)15-10(16)7-4-2-3-5-8(7)11(15)17/h7-8H,2-5H2,1H3,(H,18,19). The molecule has 1 aliphatic carbocycles. The molecule has 6 nitrogen and oxygen atoms in total. The molecule has 2 amide bonds. The number of aromatic nitrogens is 1. The number of hydrogen-bond acceptors (Lipinski definition) is 5. The van der Waals surface area contributed by atoms with Crippen molar-refractivity contribution in [2.45, 2.75) is 32.6 Å². The summed E-state index contributed by atoms with van der Waals surface area (Å²) in [6, 6.07) is 0. The predicted molar refractivity (Wildman–Crippen MR) is 71.8 cm³/mol. The molecular weight excluding hydrogens is 280 g/mol. The zero-order valence-corrected chi connectivity index (χ0v) is 11.8. The highest BCUT2D eigenvalue weighted by molar-refractivity contribution is 7.11. The number of nitrogens with zero attached hydrogens (tertiary/aromatic N) is 2. The van der Waals surface area contributed by atoms with Gasteiger partial charge in [0, 0.05) is 0 Å². The molecule has 1 aromatic heterocycles. The van der Waals surface area contributed by atoms with Crippen molar-refractivity contribution in [2.75, 3.05) is 4.90 Å². The second-order valence-corrected chi connectivity index (χ2v) is 6.01. The van der Waals surface area contributed by atoms with Crippen molar-refractivity contribution in [1.29, 1.82) is 0 Å². The summed E-state index contributed by atoms with van der Waals surface area (Å²) in [5.41, 5.74) is 0.309. The van der Waals surface area contributed by atoms with Crippen LogP contribution in [0.4, 0.5) is 5.00 Å². The van der Waals surface area contributed by atoms with E-state index in [9.17, 15) is 19.5 Å². The first-order chi connectivity index (χ1) is 9.52. The Bertz CT molecular complexity index is 586. The zero-order valence-electron chi connectivity index (χ0n) is 11.0. The third kappa shape index (κ3) is 1.76. The number of carboxylic acid groups (broad SMARTS) is 1. The lowest BCUT2D eigenvalue weighted by molar-refractivity contribution is -0.122. The summed E-state index contributed by atoms with van der Waals surface area (Å²) in [5, 5.41) is 9.41. The van der Waals surface area contributed by atoms with Crippen LogP contribution in [0.2, 0.25) is 0 Å². The molecule has 2 heterocycles. The highest BCUT2D eigenvalue weighted by atomic mass is 32.1. The van der Waals surface area contributed by atoms with Crippen molar-refractivity contribution in [2.24, 2.45) is 11.8 Å². The van der Waals surface area contributed by atoms with Crippen molar-refractivity contribution in [3.63, 3.8) is 0 Å². The van der Waals surface area contributed by atoms with Gasteiger partial charge in [0.1, 0.15) is 10.6 Å². The number of imide groups is 1. The monoisotopic (exact) mass is 294 g/mol. The molecule has 0 spiro atoms. The second kappa shape index (κ2) is 4.66. The molecule has 2 aliphatic rings. The topological polar surface area (TPSA) is 87.6 Å². The van der Waals surface area contributed by atoms with Crippen molar-refractivity contribution in [3.05, 3.63) is 11.3 Å². The number of amides is 2. The third-order valence-electron chi connectivity index (χ3n) is 4.10. The fourth-order valence-corrected chi connectivity index (χ4v) is 4.02. The lowest BCUT2D eigenvalue weighted by Crippen LogP contribution is -2.31. The lowest BCUT2D eigenvalue weighted by atomic mass is 9.81. The Morgan fingerprint density at radius 1 is 1.25 bits per heavy atom. The Labute approximate surface area is 119 Å². The average Bonchev–Trinajstić information content (AvgIpc) is 2.90. The van der Waals surface area contributed by atoms with Crippen LogP contribution in [0, 0.1) is 18.8 Å². The molecule has 1 aliphatic heterocycles. The zero-order chi connectivity index (χ0) is 14.4. The number of fused-ring (bicyclic) bond motifs is 1. The molecule has 0 bridgehead atoms. The molecule has 0 radical (unpaired) electrons. The average molecular weight is 294 g/mol. The Hall–Kier alpha value is -1.76. The van der Waals surface area contributed by atoms with Crippen LogP contribution in [0.25, 0.3) is 0 Å². The summed E-state index contributed by atoms with van der Waals surface area (Å²) in [6.07, 6.45) is 3.32. The van der Waals surface area contributed by atoms with Crippen LogP contribution >= 0.6 is 11.5 Å². The largest absolute Gasteiger partial charge is 0.478 e. The van der Waals surface area contributed by atoms with E-state index in [-0.39, 0.29) is 34.2 Å². The van der Waals surface area contributed by atoms with Crippen molar-refractivity contribution in [3.8, 4) is 0 Å². The molecule has 7 heteroatoms. The molecule has 1 N–H and O–H groups in total. The summed E-state index contributed by atoms with van der Waals surface area (Å²) in [4.78, 5) is 37.2. The van der Waals surface area contributed by atoms with Gasteiger partial charge in [0.25, 0.3) is 0 Å². The molecular formula is C13H14N2O4S. The van der Waals surface area contributed by atoms with Crippen LogP contribution in [0.1, 0.15) is 41.7 Å². The van der Waals surface area contributed by atoms with E-state index >= 15 is 0 Å². The Balaban J connectivity index is 2.04. The van der Waals surface area contributed by atoms with E-state index < -0.39 is 5.97 Å². The third-order valence-corrected chi connectivity index (χ3v) is 5.03. The van der Waals surface area contributed by atoms with Gasteiger partial charge < -0.3 is 5.11 Å². The van der Waals surface area contributed by atoms with E-state index in [1.807, 2.05) is 0 Å². The fraction of sp³-hybridized carbons (Fsp3) is 0.538. The number of carbonyl (C=O) groups excluding carboxylic acids is 2. The molecule has 2 fully saturated rings. The number of anilines is 1. The SMILES string of the molecule is Cc1nsc(N2C(=O)C3CCCCC3C2=O)c1C(=O)O. The van der Waals surface area contributed by atoms with E-state index in [1.165, 1.54) is 0 Å².